The number of rotatable bonds is 3. The summed E-state index contributed by atoms with van der Waals surface area (Å²) in [4.78, 5) is 23.8. The van der Waals surface area contributed by atoms with Crippen LogP contribution in [0, 0.1) is 11.3 Å². The predicted octanol–water partition coefficient (Wildman–Crippen LogP) is 2.49. The fourth-order valence-electron chi connectivity index (χ4n) is 3.92. The van der Waals surface area contributed by atoms with Crippen LogP contribution in [0.4, 0.5) is 5.82 Å². The van der Waals surface area contributed by atoms with Gasteiger partial charge >= 0.3 is 0 Å². The van der Waals surface area contributed by atoms with E-state index in [9.17, 15) is 10.1 Å². The van der Waals surface area contributed by atoms with Crippen LogP contribution in [0.5, 0.6) is 0 Å². The zero-order valence-corrected chi connectivity index (χ0v) is 15.5. The molecule has 0 N–H and O–H groups in total. The standard InChI is InChI=1S/C21H17N7O/c22-13-15-12-19(24-14-23-15)26-10-4-8-17(26)20-25-27-11-5-9-18(27)21(29)28(20)16-6-2-1-3-7-16/h1-3,5-7,9,11-12,14,17H,4,8,10H2/t17-/m0/s1. The first kappa shape index (κ1) is 17.1. The van der Waals surface area contributed by atoms with Gasteiger partial charge in [0.25, 0.3) is 5.56 Å². The van der Waals surface area contributed by atoms with Gasteiger partial charge in [-0.3, -0.25) is 9.36 Å². The number of fused-ring (bicyclic) bond motifs is 1. The molecule has 1 aliphatic heterocycles. The van der Waals surface area contributed by atoms with Crippen molar-refractivity contribution < 1.29 is 0 Å². The van der Waals surface area contributed by atoms with Crippen LogP contribution in [0.1, 0.15) is 30.4 Å². The van der Waals surface area contributed by atoms with Gasteiger partial charge in [0.05, 0.1) is 11.7 Å². The second-order valence-corrected chi connectivity index (χ2v) is 6.90. The first-order valence-corrected chi connectivity index (χ1v) is 9.41. The predicted molar refractivity (Wildman–Crippen MR) is 107 cm³/mol. The van der Waals surface area contributed by atoms with E-state index in [1.807, 2.05) is 36.4 Å². The van der Waals surface area contributed by atoms with Crippen molar-refractivity contribution in [1.82, 2.24) is 24.1 Å². The van der Waals surface area contributed by atoms with Gasteiger partial charge in [-0.15, -0.1) is 0 Å². The van der Waals surface area contributed by atoms with Gasteiger partial charge in [-0.05, 0) is 37.1 Å². The Morgan fingerprint density at radius 3 is 2.79 bits per heavy atom. The topological polar surface area (TPSA) is 92.1 Å². The molecule has 0 amide bonds. The lowest BCUT2D eigenvalue weighted by Gasteiger charge is -2.27. The Balaban J connectivity index is 1.71. The van der Waals surface area contributed by atoms with Gasteiger partial charge in [-0.2, -0.15) is 10.4 Å². The van der Waals surface area contributed by atoms with Crippen molar-refractivity contribution in [2.75, 3.05) is 11.4 Å². The number of nitriles is 1. The Hall–Kier alpha value is -3.99. The number of anilines is 1. The van der Waals surface area contributed by atoms with Crippen molar-refractivity contribution >= 4 is 11.3 Å². The van der Waals surface area contributed by atoms with Crippen molar-refractivity contribution in [3.05, 3.63) is 82.9 Å². The average Bonchev–Trinajstić information content (AvgIpc) is 3.44. The lowest BCUT2D eigenvalue weighted by molar-refractivity contribution is 0.601. The molecule has 0 spiro atoms. The summed E-state index contributed by atoms with van der Waals surface area (Å²) in [7, 11) is 0. The van der Waals surface area contributed by atoms with Gasteiger partial charge in [0.15, 0.2) is 5.82 Å². The molecule has 8 nitrogen and oxygen atoms in total. The van der Waals surface area contributed by atoms with E-state index in [1.54, 1.807) is 27.4 Å². The van der Waals surface area contributed by atoms with Crippen molar-refractivity contribution in [2.45, 2.75) is 18.9 Å². The molecular weight excluding hydrogens is 366 g/mol. The minimum Gasteiger partial charge on any atom is -0.346 e. The zero-order chi connectivity index (χ0) is 19.8. The number of nitrogens with zero attached hydrogens (tertiary/aromatic N) is 7. The molecule has 0 bridgehead atoms. The molecule has 0 unspecified atom stereocenters. The van der Waals surface area contributed by atoms with Crippen molar-refractivity contribution in [3.63, 3.8) is 0 Å². The lowest BCUT2D eigenvalue weighted by atomic mass is 10.2. The molecule has 142 valence electrons. The van der Waals surface area contributed by atoms with Gasteiger partial charge in [0, 0.05) is 18.8 Å². The van der Waals surface area contributed by atoms with Crippen molar-refractivity contribution in [1.29, 1.82) is 5.26 Å². The molecule has 0 aliphatic carbocycles. The van der Waals surface area contributed by atoms with Crippen LogP contribution in [-0.4, -0.2) is 30.7 Å². The summed E-state index contributed by atoms with van der Waals surface area (Å²) in [6.45, 7) is 0.765. The normalized spacial score (nSPS) is 16.2. The molecule has 4 heterocycles. The van der Waals surface area contributed by atoms with E-state index in [0.29, 0.717) is 22.9 Å². The van der Waals surface area contributed by atoms with Crippen molar-refractivity contribution in [2.24, 2.45) is 0 Å². The third-order valence-corrected chi connectivity index (χ3v) is 5.22. The summed E-state index contributed by atoms with van der Waals surface area (Å²) in [6, 6.07) is 16.7. The highest BCUT2D eigenvalue weighted by molar-refractivity contribution is 5.49. The summed E-state index contributed by atoms with van der Waals surface area (Å²) in [5, 5.41) is 14.0. The molecule has 3 aromatic heterocycles. The molecule has 0 saturated carbocycles. The summed E-state index contributed by atoms with van der Waals surface area (Å²) < 4.78 is 3.32. The monoisotopic (exact) mass is 383 g/mol. The summed E-state index contributed by atoms with van der Waals surface area (Å²) in [5.74, 6) is 1.32. The summed E-state index contributed by atoms with van der Waals surface area (Å²) >= 11 is 0. The average molecular weight is 383 g/mol. The van der Waals surface area contributed by atoms with Crippen LogP contribution < -0.4 is 10.5 Å². The van der Waals surface area contributed by atoms with E-state index in [-0.39, 0.29) is 11.6 Å². The van der Waals surface area contributed by atoms with Gasteiger partial charge < -0.3 is 4.90 Å². The Kier molecular flexibility index (Phi) is 4.06. The smallest absolute Gasteiger partial charge is 0.282 e. The number of hydrogen-bond acceptors (Lipinski definition) is 6. The fraction of sp³-hybridized carbons (Fsp3) is 0.190. The minimum absolute atomic E-state index is 0.113. The van der Waals surface area contributed by atoms with Crippen LogP contribution in [0.15, 0.2) is 65.8 Å². The van der Waals surface area contributed by atoms with E-state index in [1.165, 1.54) is 6.33 Å². The highest BCUT2D eigenvalue weighted by Gasteiger charge is 2.32. The molecule has 4 aromatic rings. The number of aromatic nitrogens is 5. The summed E-state index contributed by atoms with van der Waals surface area (Å²) in [6.07, 6.45) is 4.95. The quantitative estimate of drug-likeness (QED) is 0.540. The van der Waals surface area contributed by atoms with Gasteiger partial charge in [-0.1, -0.05) is 18.2 Å². The number of para-hydroxylation sites is 1. The second-order valence-electron chi connectivity index (χ2n) is 6.90. The molecule has 29 heavy (non-hydrogen) atoms. The molecule has 1 fully saturated rings. The lowest BCUT2D eigenvalue weighted by Crippen LogP contribution is -2.33. The third kappa shape index (κ3) is 2.84. The second kappa shape index (κ2) is 6.87. The molecule has 1 aromatic carbocycles. The molecule has 1 atom stereocenters. The van der Waals surface area contributed by atoms with Gasteiger partial charge in [0.1, 0.15) is 29.4 Å². The highest BCUT2D eigenvalue weighted by Crippen LogP contribution is 2.34. The largest absolute Gasteiger partial charge is 0.346 e. The summed E-state index contributed by atoms with van der Waals surface area (Å²) in [5.41, 5.74) is 1.50. The molecule has 1 saturated heterocycles. The molecule has 5 rings (SSSR count). The van der Waals surface area contributed by atoms with Crippen LogP contribution in [-0.2, 0) is 0 Å². The van der Waals surface area contributed by atoms with E-state index >= 15 is 0 Å². The van der Waals surface area contributed by atoms with Crippen LogP contribution >= 0.6 is 0 Å². The van der Waals surface area contributed by atoms with Crippen LogP contribution in [0.2, 0.25) is 0 Å². The maximum absolute atomic E-state index is 13.3. The van der Waals surface area contributed by atoms with E-state index in [0.717, 1.165) is 25.1 Å². The highest BCUT2D eigenvalue weighted by atomic mass is 16.1. The van der Waals surface area contributed by atoms with E-state index in [2.05, 4.69) is 20.9 Å². The Morgan fingerprint density at radius 1 is 1.10 bits per heavy atom. The first-order valence-electron chi connectivity index (χ1n) is 9.41. The van der Waals surface area contributed by atoms with E-state index in [4.69, 9.17) is 5.10 Å². The number of benzene rings is 1. The zero-order valence-electron chi connectivity index (χ0n) is 15.5. The van der Waals surface area contributed by atoms with Gasteiger partial charge in [-0.25, -0.2) is 14.5 Å². The van der Waals surface area contributed by atoms with Gasteiger partial charge in [0.2, 0.25) is 0 Å². The maximum atomic E-state index is 13.3. The molecule has 1 aliphatic rings. The Labute approximate surface area is 166 Å². The SMILES string of the molecule is N#Cc1cc(N2CCC[C@H]2c2nn3cccc3c(=O)n2-c2ccccc2)ncn1. The van der Waals surface area contributed by atoms with E-state index < -0.39 is 0 Å². The molecular formula is C21H17N7O. The van der Waals surface area contributed by atoms with Crippen LogP contribution in [0.3, 0.4) is 0 Å². The maximum Gasteiger partial charge on any atom is 0.282 e. The first-order chi connectivity index (χ1) is 14.3. The molecule has 8 heteroatoms. The third-order valence-electron chi connectivity index (χ3n) is 5.22. The Bertz CT molecular complexity index is 1290. The Morgan fingerprint density at radius 2 is 1.97 bits per heavy atom. The fourth-order valence-corrected chi connectivity index (χ4v) is 3.92. The minimum atomic E-state index is -0.142. The molecule has 0 radical (unpaired) electrons. The number of hydrogen-bond donors (Lipinski definition) is 0. The van der Waals surface area contributed by atoms with Crippen LogP contribution in [0.25, 0.3) is 11.2 Å². The van der Waals surface area contributed by atoms with Crippen molar-refractivity contribution in [3.8, 4) is 11.8 Å².